The maximum Gasteiger partial charge on any atom is 0.417 e. The molecule has 0 spiro atoms. The second-order valence-corrected chi connectivity index (χ2v) is 4.70. The van der Waals surface area contributed by atoms with E-state index in [2.05, 4.69) is 20.9 Å². The summed E-state index contributed by atoms with van der Waals surface area (Å²) in [5.41, 5.74) is 1.22. The third-order valence-corrected chi connectivity index (χ3v) is 3.01. The first-order valence-electron chi connectivity index (χ1n) is 4.83. The maximum absolute atomic E-state index is 12.7. The molecule has 0 saturated heterocycles. The van der Waals surface area contributed by atoms with Crippen LogP contribution < -0.4 is 5.73 Å². The number of halogens is 8. The Bertz CT molecular complexity index is 538. The number of nitrogens with zero attached hydrogens (tertiary/aromatic N) is 1. The van der Waals surface area contributed by atoms with Crippen LogP contribution in [0.4, 0.5) is 32.0 Å². The lowest BCUT2D eigenvalue weighted by atomic mass is 10.1. The highest BCUT2D eigenvalue weighted by Crippen LogP contribution is 2.44. The van der Waals surface area contributed by atoms with Crippen LogP contribution in [0.5, 0.6) is 0 Å². The van der Waals surface area contributed by atoms with Crippen LogP contribution in [0, 0.1) is 0 Å². The molecular weight excluding hydrogens is 377 g/mol. The van der Waals surface area contributed by atoms with E-state index in [0.717, 1.165) is 0 Å². The van der Waals surface area contributed by atoms with Gasteiger partial charge in [0.2, 0.25) is 0 Å². The summed E-state index contributed by atoms with van der Waals surface area (Å²) in [6.07, 6.45) is -10.3. The van der Waals surface area contributed by atoms with Gasteiger partial charge >= 0.3 is 12.4 Å². The number of rotatable bonds is 2. The fraction of sp³-hybridized carbons (Fsp3) is 0.300. The fourth-order valence-corrected chi connectivity index (χ4v) is 1.79. The Labute approximate surface area is 122 Å². The zero-order chi connectivity index (χ0) is 15.7. The lowest BCUT2D eigenvalue weighted by Crippen LogP contribution is -2.17. The molecule has 1 aromatic carbocycles. The van der Waals surface area contributed by atoms with E-state index in [1.165, 1.54) is 0 Å². The van der Waals surface area contributed by atoms with Crippen LogP contribution >= 0.6 is 27.5 Å². The first-order chi connectivity index (χ1) is 8.96. The zero-order valence-electron chi connectivity index (χ0n) is 9.41. The molecule has 2 N–H and O–H groups in total. The minimum absolute atomic E-state index is 0.222. The lowest BCUT2D eigenvalue weighted by Gasteiger charge is -2.16. The number of nitrogens with two attached hydrogens (primary N) is 1. The Kier molecular flexibility index (Phi) is 4.96. The Morgan fingerprint density at radius 2 is 1.55 bits per heavy atom. The van der Waals surface area contributed by atoms with Crippen LogP contribution in [0.1, 0.15) is 11.1 Å². The van der Waals surface area contributed by atoms with Gasteiger partial charge in [0, 0.05) is 4.47 Å². The highest BCUT2D eigenvalue weighted by atomic mass is 79.9. The summed E-state index contributed by atoms with van der Waals surface area (Å²) in [6, 6.07) is 0.579. The average Bonchev–Trinajstić information content (AvgIpc) is 2.28. The van der Waals surface area contributed by atoms with E-state index < -0.39 is 23.5 Å². The van der Waals surface area contributed by atoms with E-state index in [1.807, 2.05) is 0 Å². The number of hydrogen-bond donors (Lipinski definition) is 1. The molecule has 20 heavy (non-hydrogen) atoms. The lowest BCUT2D eigenvalue weighted by molar-refractivity contribution is -0.162. The Morgan fingerprint density at radius 1 is 1.10 bits per heavy atom. The Morgan fingerprint density at radius 3 is 1.95 bits per heavy atom. The molecule has 0 aliphatic rings. The van der Waals surface area contributed by atoms with Gasteiger partial charge in [0.15, 0.2) is 0 Å². The van der Waals surface area contributed by atoms with Crippen molar-refractivity contribution in [2.24, 2.45) is 10.7 Å². The molecule has 0 unspecified atom stereocenters. The SMILES string of the molecule is NC(CCl)=Nc1cc(C(F)(F)F)c(C(F)(F)F)cc1Br. The molecule has 1 aromatic rings. The first kappa shape index (κ1) is 17.1. The van der Waals surface area contributed by atoms with Gasteiger partial charge in [-0.15, -0.1) is 11.6 Å². The topological polar surface area (TPSA) is 38.4 Å². The van der Waals surface area contributed by atoms with Gasteiger partial charge in [-0.25, -0.2) is 4.99 Å². The van der Waals surface area contributed by atoms with Crippen LogP contribution in [0.25, 0.3) is 0 Å². The molecule has 0 aliphatic heterocycles. The van der Waals surface area contributed by atoms with Gasteiger partial charge in [-0.05, 0) is 28.1 Å². The van der Waals surface area contributed by atoms with Crippen LogP contribution in [-0.4, -0.2) is 11.7 Å². The van der Waals surface area contributed by atoms with E-state index in [1.54, 1.807) is 0 Å². The molecule has 112 valence electrons. The maximum atomic E-state index is 12.7. The van der Waals surface area contributed by atoms with Crippen molar-refractivity contribution in [3.8, 4) is 0 Å². The second-order valence-electron chi connectivity index (χ2n) is 3.58. The minimum Gasteiger partial charge on any atom is -0.386 e. The van der Waals surface area contributed by atoms with Gasteiger partial charge in [0.25, 0.3) is 0 Å². The predicted molar refractivity (Wildman–Crippen MR) is 66.1 cm³/mol. The van der Waals surface area contributed by atoms with Crippen molar-refractivity contribution in [1.29, 1.82) is 0 Å². The summed E-state index contributed by atoms with van der Waals surface area (Å²) in [5.74, 6) is -0.491. The number of benzene rings is 1. The zero-order valence-corrected chi connectivity index (χ0v) is 11.8. The summed E-state index contributed by atoms with van der Waals surface area (Å²) in [6.45, 7) is 0. The molecule has 2 nitrogen and oxygen atoms in total. The van der Waals surface area contributed by atoms with E-state index in [4.69, 9.17) is 17.3 Å². The van der Waals surface area contributed by atoms with E-state index in [9.17, 15) is 26.3 Å². The summed E-state index contributed by atoms with van der Waals surface area (Å²) in [4.78, 5) is 3.52. The number of amidine groups is 1. The molecule has 0 atom stereocenters. The predicted octanol–water partition coefficient (Wildman–Crippen LogP) is 4.71. The van der Waals surface area contributed by atoms with Crippen molar-refractivity contribution in [3.63, 3.8) is 0 Å². The van der Waals surface area contributed by atoms with Gasteiger partial charge in [-0.2, -0.15) is 26.3 Å². The van der Waals surface area contributed by atoms with E-state index in [0.29, 0.717) is 6.07 Å². The molecule has 0 heterocycles. The summed E-state index contributed by atoms with van der Waals surface area (Å²) >= 11 is 8.04. The van der Waals surface area contributed by atoms with Gasteiger partial charge in [-0.3, -0.25) is 0 Å². The van der Waals surface area contributed by atoms with Crippen molar-refractivity contribution < 1.29 is 26.3 Å². The second kappa shape index (κ2) is 5.80. The molecule has 1 rings (SSSR count). The van der Waals surface area contributed by atoms with E-state index in [-0.39, 0.29) is 27.9 Å². The molecule has 10 heteroatoms. The minimum atomic E-state index is -5.18. The van der Waals surface area contributed by atoms with Crippen LogP contribution in [0.15, 0.2) is 21.6 Å². The largest absolute Gasteiger partial charge is 0.417 e. The molecule has 0 amide bonds. The van der Waals surface area contributed by atoms with Gasteiger partial charge in [0.05, 0.1) is 22.7 Å². The summed E-state index contributed by atoms with van der Waals surface area (Å²) in [7, 11) is 0. The first-order valence-corrected chi connectivity index (χ1v) is 6.16. The Balaban J connectivity index is 3.57. The smallest absolute Gasteiger partial charge is 0.386 e. The van der Waals surface area contributed by atoms with Crippen LogP contribution in [0.2, 0.25) is 0 Å². The number of hydrogen-bond acceptors (Lipinski definition) is 1. The highest BCUT2D eigenvalue weighted by Gasteiger charge is 2.43. The highest BCUT2D eigenvalue weighted by molar-refractivity contribution is 9.10. The molecule has 0 bridgehead atoms. The molecule has 0 aromatic heterocycles. The molecular formula is C10H6BrClF6N2. The van der Waals surface area contributed by atoms with Gasteiger partial charge in [0.1, 0.15) is 5.84 Å². The van der Waals surface area contributed by atoms with Crippen molar-refractivity contribution >= 4 is 39.1 Å². The average molecular weight is 384 g/mol. The normalized spacial score (nSPS) is 13.7. The van der Waals surface area contributed by atoms with Crippen molar-refractivity contribution in [3.05, 3.63) is 27.7 Å². The Hall–Kier alpha value is -0.960. The molecule has 0 radical (unpaired) electrons. The van der Waals surface area contributed by atoms with Crippen molar-refractivity contribution in [2.45, 2.75) is 12.4 Å². The molecule has 0 saturated carbocycles. The van der Waals surface area contributed by atoms with Crippen LogP contribution in [0.3, 0.4) is 0 Å². The number of aliphatic imine (C=N–C) groups is 1. The third-order valence-electron chi connectivity index (χ3n) is 2.10. The van der Waals surface area contributed by atoms with E-state index >= 15 is 0 Å². The van der Waals surface area contributed by atoms with Crippen molar-refractivity contribution in [1.82, 2.24) is 0 Å². The number of alkyl halides is 7. The third kappa shape index (κ3) is 4.02. The van der Waals surface area contributed by atoms with Gasteiger partial charge in [-0.1, -0.05) is 0 Å². The monoisotopic (exact) mass is 382 g/mol. The fourth-order valence-electron chi connectivity index (χ4n) is 1.30. The van der Waals surface area contributed by atoms with Crippen LogP contribution in [-0.2, 0) is 12.4 Å². The summed E-state index contributed by atoms with van der Waals surface area (Å²) in [5, 5.41) is 0. The van der Waals surface area contributed by atoms with Crippen molar-refractivity contribution in [2.75, 3.05) is 5.88 Å². The molecule has 0 fully saturated rings. The van der Waals surface area contributed by atoms with Gasteiger partial charge < -0.3 is 5.73 Å². The summed E-state index contributed by atoms with van der Waals surface area (Å²) < 4.78 is 75.6. The quantitative estimate of drug-likeness (QED) is 0.341. The standard InChI is InChI=1S/C10H6BrClF6N2/c11-6-1-4(9(13,14)15)5(10(16,17)18)2-7(6)20-8(19)3-12/h1-2H,3H2,(H2,19,20). The molecule has 0 aliphatic carbocycles.